The van der Waals surface area contributed by atoms with E-state index in [2.05, 4.69) is 19.7 Å². The van der Waals surface area contributed by atoms with Gasteiger partial charge in [-0.05, 0) is 67.1 Å². The van der Waals surface area contributed by atoms with Crippen molar-refractivity contribution in [2.45, 2.75) is 56.4 Å². The Labute approximate surface area is 256 Å². The van der Waals surface area contributed by atoms with Gasteiger partial charge in [0.05, 0.1) is 19.2 Å². The molecule has 1 aliphatic carbocycles. The first-order valence-electron chi connectivity index (χ1n) is 14.3. The van der Waals surface area contributed by atoms with Gasteiger partial charge in [-0.1, -0.05) is 60.3 Å². The van der Waals surface area contributed by atoms with Crippen LogP contribution in [0.15, 0.2) is 82.7 Å². The maximum absolute atomic E-state index is 13.0. The molecule has 44 heavy (non-hydrogen) atoms. The molecule has 0 radical (unpaired) electrons. The van der Waals surface area contributed by atoms with Gasteiger partial charge >= 0.3 is 6.18 Å². The standard InChI is InChI=1S/C33H30F3N5O2S/c1-3-40-29(38-39-30(40)24-11-9-22(10-12-24)23-13-15-25(16-14-23)33(34,35)36)19-41-28-6-4-5-27(28)31(42)37-32(41)44-20-21-7-17-26(43-2)18-8-21/h7-18H,3-6,19-20H2,1-2H3. The summed E-state index contributed by atoms with van der Waals surface area (Å²) >= 11 is 1.52. The number of aromatic nitrogens is 5. The molecule has 0 bridgehead atoms. The summed E-state index contributed by atoms with van der Waals surface area (Å²) in [6.07, 6.45) is -1.93. The van der Waals surface area contributed by atoms with Crippen LogP contribution in [0.4, 0.5) is 13.2 Å². The molecule has 2 heterocycles. The smallest absolute Gasteiger partial charge is 0.416 e. The number of hydrogen-bond donors (Lipinski definition) is 0. The first-order chi connectivity index (χ1) is 21.2. The Kier molecular flexibility index (Phi) is 8.31. The van der Waals surface area contributed by atoms with E-state index in [0.717, 1.165) is 70.9 Å². The molecular formula is C33H30F3N5O2S. The van der Waals surface area contributed by atoms with Crippen molar-refractivity contribution in [1.82, 2.24) is 24.3 Å². The van der Waals surface area contributed by atoms with Crippen LogP contribution < -0.4 is 10.3 Å². The number of fused-ring (bicyclic) bond motifs is 1. The summed E-state index contributed by atoms with van der Waals surface area (Å²) in [5.74, 6) is 2.88. The highest BCUT2D eigenvalue weighted by atomic mass is 32.2. The second-order valence-electron chi connectivity index (χ2n) is 10.5. The van der Waals surface area contributed by atoms with E-state index in [1.54, 1.807) is 7.11 Å². The van der Waals surface area contributed by atoms with Crippen LogP contribution in [0.25, 0.3) is 22.5 Å². The van der Waals surface area contributed by atoms with Crippen LogP contribution in [0.1, 0.15) is 41.6 Å². The minimum absolute atomic E-state index is 0.156. The number of rotatable bonds is 9. The average Bonchev–Trinajstić information content (AvgIpc) is 3.69. The van der Waals surface area contributed by atoms with Crippen molar-refractivity contribution in [3.05, 3.63) is 111 Å². The number of methoxy groups -OCH3 is 1. The van der Waals surface area contributed by atoms with Crippen LogP contribution in [0, 0.1) is 0 Å². The van der Waals surface area contributed by atoms with Crippen molar-refractivity contribution >= 4 is 11.8 Å². The highest BCUT2D eigenvalue weighted by Crippen LogP contribution is 2.32. The monoisotopic (exact) mass is 617 g/mol. The van der Waals surface area contributed by atoms with Gasteiger partial charge in [-0.15, -0.1) is 10.2 Å². The lowest BCUT2D eigenvalue weighted by Gasteiger charge is -2.17. The van der Waals surface area contributed by atoms with Gasteiger partial charge in [0, 0.05) is 29.1 Å². The summed E-state index contributed by atoms with van der Waals surface area (Å²) in [5, 5.41) is 9.73. The van der Waals surface area contributed by atoms with E-state index < -0.39 is 11.7 Å². The molecule has 3 aromatic carbocycles. The van der Waals surface area contributed by atoms with Gasteiger partial charge in [0.15, 0.2) is 16.8 Å². The highest BCUT2D eigenvalue weighted by molar-refractivity contribution is 7.98. The molecule has 0 fully saturated rings. The van der Waals surface area contributed by atoms with Crippen LogP contribution in [-0.2, 0) is 37.9 Å². The van der Waals surface area contributed by atoms with E-state index in [4.69, 9.17) is 4.74 Å². The van der Waals surface area contributed by atoms with Gasteiger partial charge in [0.25, 0.3) is 5.56 Å². The molecule has 0 saturated heterocycles. The highest BCUT2D eigenvalue weighted by Gasteiger charge is 2.30. The summed E-state index contributed by atoms with van der Waals surface area (Å²) < 4.78 is 48.3. The quantitative estimate of drug-likeness (QED) is 0.130. The topological polar surface area (TPSA) is 74.8 Å². The second kappa shape index (κ2) is 12.3. The van der Waals surface area contributed by atoms with Gasteiger partial charge in [0.1, 0.15) is 5.75 Å². The molecule has 0 saturated carbocycles. The van der Waals surface area contributed by atoms with E-state index in [0.29, 0.717) is 35.4 Å². The largest absolute Gasteiger partial charge is 0.497 e. The van der Waals surface area contributed by atoms with Crippen molar-refractivity contribution in [3.63, 3.8) is 0 Å². The minimum atomic E-state index is -4.37. The third kappa shape index (κ3) is 6.01. The van der Waals surface area contributed by atoms with Crippen molar-refractivity contribution in [1.29, 1.82) is 0 Å². The fraction of sp³-hybridized carbons (Fsp3) is 0.273. The molecule has 0 atom stereocenters. The number of benzene rings is 3. The van der Waals surface area contributed by atoms with Crippen LogP contribution in [0.3, 0.4) is 0 Å². The number of ether oxygens (including phenoxy) is 1. The zero-order valence-electron chi connectivity index (χ0n) is 24.3. The van der Waals surface area contributed by atoms with Crippen molar-refractivity contribution in [2.24, 2.45) is 0 Å². The molecule has 11 heteroatoms. The molecule has 2 aromatic heterocycles. The van der Waals surface area contributed by atoms with Crippen LogP contribution >= 0.6 is 11.8 Å². The SMILES string of the molecule is CCn1c(Cn2c(SCc3ccc(OC)cc3)nc(=O)c3c2CCC3)nnc1-c1ccc(-c2ccc(C(F)(F)F)cc2)cc1. The zero-order valence-corrected chi connectivity index (χ0v) is 25.1. The van der Waals surface area contributed by atoms with E-state index >= 15 is 0 Å². The molecule has 1 aliphatic rings. The summed E-state index contributed by atoms with van der Waals surface area (Å²) in [4.78, 5) is 17.4. The summed E-state index contributed by atoms with van der Waals surface area (Å²) in [7, 11) is 1.63. The lowest BCUT2D eigenvalue weighted by atomic mass is 10.0. The summed E-state index contributed by atoms with van der Waals surface area (Å²) in [6, 6.07) is 20.5. The van der Waals surface area contributed by atoms with Gasteiger partial charge in [-0.3, -0.25) is 4.79 Å². The van der Waals surface area contributed by atoms with Gasteiger partial charge in [-0.25, -0.2) is 0 Å². The predicted octanol–water partition coefficient (Wildman–Crippen LogP) is 7.05. The minimum Gasteiger partial charge on any atom is -0.497 e. The molecule has 0 N–H and O–H groups in total. The fourth-order valence-electron chi connectivity index (χ4n) is 5.53. The third-order valence-electron chi connectivity index (χ3n) is 7.86. The lowest BCUT2D eigenvalue weighted by Crippen LogP contribution is -2.23. The van der Waals surface area contributed by atoms with Gasteiger partial charge in [-0.2, -0.15) is 18.2 Å². The van der Waals surface area contributed by atoms with Crippen LogP contribution in [0.2, 0.25) is 0 Å². The molecule has 5 aromatic rings. The third-order valence-corrected chi connectivity index (χ3v) is 8.91. The Morgan fingerprint density at radius 1 is 0.864 bits per heavy atom. The zero-order chi connectivity index (χ0) is 30.8. The first kappa shape index (κ1) is 29.7. The number of thioether (sulfide) groups is 1. The van der Waals surface area contributed by atoms with Crippen LogP contribution in [0.5, 0.6) is 5.75 Å². The van der Waals surface area contributed by atoms with Gasteiger partial charge in [0.2, 0.25) is 0 Å². The molecule has 0 spiro atoms. The maximum atomic E-state index is 13.0. The summed E-state index contributed by atoms with van der Waals surface area (Å²) in [5.41, 5.74) is 4.40. The van der Waals surface area contributed by atoms with Crippen molar-refractivity contribution in [2.75, 3.05) is 7.11 Å². The Morgan fingerprint density at radius 3 is 2.16 bits per heavy atom. The van der Waals surface area contributed by atoms with E-state index in [1.165, 1.54) is 23.9 Å². The van der Waals surface area contributed by atoms with Crippen molar-refractivity contribution < 1.29 is 17.9 Å². The Balaban J connectivity index is 1.27. The maximum Gasteiger partial charge on any atom is 0.416 e. The number of halogens is 3. The molecular weight excluding hydrogens is 587 g/mol. The number of alkyl halides is 3. The Hall–Kier alpha value is -4.38. The van der Waals surface area contributed by atoms with Crippen molar-refractivity contribution in [3.8, 4) is 28.3 Å². The second-order valence-corrected chi connectivity index (χ2v) is 11.5. The lowest BCUT2D eigenvalue weighted by molar-refractivity contribution is -0.137. The molecule has 6 rings (SSSR count). The number of nitrogens with zero attached hydrogens (tertiary/aromatic N) is 5. The van der Waals surface area contributed by atoms with Gasteiger partial charge < -0.3 is 13.9 Å². The fourth-order valence-corrected chi connectivity index (χ4v) is 6.50. The predicted molar refractivity (Wildman–Crippen MR) is 164 cm³/mol. The molecule has 0 aliphatic heterocycles. The average molecular weight is 618 g/mol. The summed E-state index contributed by atoms with van der Waals surface area (Å²) in [6.45, 7) is 3.08. The normalized spacial score (nSPS) is 12.8. The Bertz CT molecular complexity index is 1830. The molecule has 0 unspecified atom stereocenters. The van der Waals surface area contributed by atoms with E-state index in [9.17, 15) is 18.0 Å². The molecule has 0 amide bonds. The van der Waals surface area contributed by atoms with E-state index in [1.807, 2.05) is 60.0 Å². The van der Waals surface area contributed by atoms with E-state index in [-0.39, 0.29) is 5.56 Å². The molecule has 7 nitrogen and oxygen atoms in total. The van der Waals surface area contributed by atoms with Crippen LogP contribution in [-0.4, -0.2) is 31.4 Å². The first-order valence-corrected chi connectivity index (χ1v) is 15.3. The Morgan fingerprint density at radius 2 is 1.52 bits per heavy atom. The molecule has 226 valence electrons. The number of hydrogen-bond acceptors (Lipinski definition) is 6.